The van der Waals surface area contributed by atoms with Gasteiger partial charge in [-0.2, -0.15) is 5.26 Å². The van der Waals surface area contributed by atoms with Crippen molar-refractivity contribution in [2.75, 3.05) is 0 Å². The summed E-state index contributed by atoms with van der Waals surface area (Å²) in [4.78, 5) is 12.7. The van der Waals surface area contributed by atoms with E-state index < -0.39 is 10.8 Å². The molecule has 1 amide bonds. The zero-order valence-corrected chi connectivity index (χ0v) is 12.9. The fourth-order valence-electron chi connectivity index (χ4n) is 2.54. The highest BCUT2D eigenvalue weighted by Gasteiger charge is 2.34. The van der Waals surface area contributed by atoms with Crippen molar-refractivity contribution in [3.63, 3.8) is 0 Å². The summed E-state index contributed by atoms with van der Waals surface area (Å²) in [7, 11) is 0. The van der Waals surface area contributed by atoms with E-state index in [0.717, 1.165) is 19.3 Å². The SMILES string of the molecule is CC(Sc1ccccc1F)C(=O)NC1(C#N)CCCCC1. The van der Waals surface area contributed by atoms with Crippen molar-refractivity contribution in [3.8, 4) is 6.07 Å². The number of thioether (sulfide) groups is 1. The first-order valence-electron chi connectivity index (χ1n) is 7.21. The highest BCUT2D eigenvalue weighted by molar-refractivity contribution is 8.00. The van der Waals surface area contributed by atoms with Crippen LogP contribution in [0.15, 0.2) is 29.2 Å². The summed E-state index contributed by atoms with van der Waals surface area (Å²) in [5.41, 5.74) is -0.737. The second-order valence-corrected chi connectivity index (χ2v) is 6.82. The molecule has 21 heavy (non-hydrogen) atoms. The first-order chi connectivity index (χ1) is 10.1. The Morgan fingerprint density at radius 2 is 2.05 bits per heavy atom. The molecule has 1 unspecified atom stereocenters. The molecule has 0 aromatic heterocycles. The van der Waals surface area contributed by atoms with E-state index in [4.69, 9.17) is 0 Å². The zero-order chi connectivity index (χ0) is 15.3. The highest BCUT2D eigenvalue weighted by atomic mass is 32.2. The molecule has 112 valence electrons. The number of nitriles is 1. The first kappa shape index (κ1) is 15.8. The minimum absolute atomic E-state index is 0.202. The van der Waals surface area contributed by atoms with Crippen LogP contribution in [0.5, 0.6) is 0 Å². The highest BCUT2D eigenvalue weighted by Crippen LogP contribution is 2.30. The summed E-state index contributed by atoms with van der Waals surface area (Å²) in [5, 5.41) is 11.8. The molecule has 3 nitrogen and oxygen atoms in total. The Bertz CT molecular complexity index is 549. The summed E-state index contributed by atoms with van der Waals surface area (Å²) < 4.78 is 13.6. The van der Waals surface area contributed by atoms with Gasteiger partial charge in [-0.05, 0) is 31.9 Å². The average molecular weight is 306 g/mol. The molecule has 1 aliphatic rings. The quantitative estimate of drug-likeness (QED) is 0.864. The third-order valence-electron chi connectivity index (χ3n) is 3.79. The number of halogens is 1. The Balaban J connectivity index is 1.99. The lowest BCUT2D eigenvalue weighted by molar-refractivity contribution is -0.121. The van der Waals surface area contributed by atoms with Crippen LogP contribution in [0.4, 0.5) is 4.39 Å². The molecular weight excluding hydrogens is 287 g/mol. The van der Waals surface area contributed by atoms with Crippen molar-refractivity contribution in [1.29, 1.82) is 5.26 Å². The molecule has 1 saturated carbocycles. The van der Waals surface area contributed by atoms with Gasteiger partial charge in [0.25, 0.3) is 0 Å². The lowest BCUT2D eigenvalue weighted by Crippen LogP contribution is -2.50. The molecule has 1 aromatic carbocycles. The normalized spacial score (nSPS) is 18.5. The molecule has 0 aliphatic heterocycles. The van der Waals surface area contributed by atoms with Crippen molar-refractivity contribution in [3.05, 3.63) is 30.1 Å². The number of nitrogens with zero attached hydrogens (tertiary/aromatic N) is 1. The first-order valence-corrected chi connectivity index (χ1v) is 8.09. The fraction of sp³-hybridized carbons (Fsp3) is 0.500. The van der Waals surface area contributed by atoms with Crippen molar-refractivity contribution in [1.82, 2.24) is 5.32 Å². The number of hydrogen-bond donors (Lipinski definition) is 1. The predicted molar refractivity (Wildman–Crippen MR) is 81.3 cm³/mol. The van der Waals surface area contributed by atoms with Gasteiger partial charge in [0, 0.05) is 4.90 Å². The van der Waals surface area contributed by atoms with Gasteiger partial charge in [0.05, 0.1) is 11.3 Å². The molecule has 5 heteroatoms. The largest absolute Gasteiger partial charge is 0.337 e. The van der Waals surface area contributed by atoms with Crippen molar-refractivity contribution in [2.24, 2.45) is 0 Å². The molecule has 0 spiro atoms. The van der Waals surface area contributed by atoms with Gasteiger partial charge in [-0.3, -0.25) is 4.79 Å². The summed E-state index contributed by atoms with van der Waals surface area (Å²) in [6.45, 7) is 1.74. The number of rotatable bonds is 4. The lowest BCUT2D eigenvalue weighted by atomic mass is 9.83. The Morgan fingerprint density at radius 3 is 2.67 bits per heavy atom. The van der Waals surface area contributed by atoms with Crippen LogP contribution >= 0.6 is 11.8 Å². The van der Waals surface area contributed by atoms with Gasteiger partial charge in [0.15, 0.2) is 0 Å². The molecule has 1 fully saturated rings. The van der Waals surface area contributed by atoms with Crippen LogP contribution in [0.2, 0.25) is 0 Å². The third kappa shape index (κ3) is 3.98. The number of amides is 1. The number of hydrogen-bond acceptors (Lipinski definition) is 3. The van der Waals surface area contributed by atoms with Gasteiger partial charge < -0.3 is 5.32 Å². The van der Waals surface area contributed by atoms with Crippen LogP contribution in [-0.4, -0.2) is 16.7 Å². The van der Waals surface area contributed by atoms with Crippen LogP contribution in [0.25, 0.3) is 0 Å². The minimum Gasteiger partial charge on any atom is -0.337 e. The van der Waals surface area contributed by atoms with Gasteiger partial charge in [0.2, 0.25) is 5.91 Å². The zero-order valence-electron chi connectivity index (χ0n) is 12.1. The van der Waals surface area contributed by atoms with E-state index >= 15 is 0 Å². The van der Waals surface area contributed by atoms with Gasteiger partial charge in [0.1, 0.15) is 11.4 Å². The number of carbonyl (C=O) groups is 1. The summed E-state index contributed by atoms with van der Waals surface area (Å²) in [6.07, 6.45) is 4.43. The predicted octanol–water partition coefficient (Wildman–Crippen LogP) is 3.65. The van der Waals surface area contributed by atoms with Gasteiger partial charge in [-0.25, -0.2) is 4.39 Å². The standard InChI is InChI=1S/C16H19FN2OS/c1-12(21-14-8-4-3-7-13(14)17)15(20)19-16(11-18)9-5-2-6-10-16/h3-4,7-8,12H,2,5-6,9-10H2,1H3,(H,19,20). The maximum atomic E-state index is 13.6. The number of nitrogens with one attached hydrogen (secondary N) is 1. The van der Waals surface area contributed by atoms with E-state index in [2.05, 4.69) is 11.4 Å². The summed E-state index contributed by atoms with van der Waals surface area (Å²) in [6, 6.07) is 8.67. The summed E-state index contributed by atoms with van der Waals surface area (Å²) >= 11 is 1.18. The van der Waals surface area contributed by atoms with E-state index in [0.29, 0.717) is 17.7 Å². The smallest absolute Gasteiger partial charge is 0.234 e. The van der Waals surface area contributed by atoms with E-state index in [9.17, 15) is 14.4 Å². The second kappa shape index (κ2) is 6.95. The topological polar surface area (TPSA) is 52.9 Å². The van der Waals surface area contributed by atoms with E-state index in [-0.39, 0.29) is 11.7 Å². The second-order valence-electron chi connectivity index (χ2n) is 5.43. The van der Waals surface area contributed by atoms with Crippen LogP contribution in [0.1, 0.15) is 39.0 Å². The molecule has 2 rings (SSSR count). The van der Waals surface area contributed by atoms with Crippen LogP contribution in [-0.2, 0) is 4.79 Å². The molecular formula is C16H19FN2OS. The molecule has 1 atom stereocenters. The van der Waals surface area contributed by atoms with Crippen molar-refractivity contribution < 1.29 is 9.18 Å². The Kier molecular flexibility index (Phi) is 5.24. The molecule has 0 radical (unpaired) electrons. The molecule has 0 bridgehead atoms. The Labute approximate surface area is 128 Å². The maximum absolute atomic E-state index is 13.6. The molecule has 0 saturated heterocycles. The molecule has 0 heterocycles. The number of carbonyl (C=O) groups excluding carboxylic acids is 1. The molecule has 1 aromatic rings. The van der Waals surface area contributed by atoms with Crippen LogP contribution in [0.3, 0.4) is 0 Å². The maximum Gasteiger partial charge on any atom is 0.234 e. The average Bonchev–Trinajstić information content (AvgIpc) is 2.50. The van der Waals surface area contributed by atoms with E-state index in [1.807, 2.05) is 0 Å². The van der Waals surface area contributed by atoms with Crippen molar-refractivity contribution >= 4 is 17.7 Å². The monoisotopic (exact) mass is 306 g/mol. The summed E-state index contributed by atoms with van der Waals surface area (Å²) in [5.74, 6) is -0.526. The number of benzene rings is 1. The van der Waals surface area contributed by atoms with Crippen molar-refractivity contribution in [2.45, 2.75) is 54.7 Å². The van der Waals surface area contributed by atoms with Gasteiger partial charge in [-0.15, -0.1) is 11.8 Å². The Hall–Kier alpha value is -1.54. The Morgan fingerprint density at radius 1 is 1.38 bits per heavy atom. The minimum atomic E-state index is -0.737. The molecule has 1 N–H and O–H groups in total. The van der Waals surface area contributed by atoms with Gasteiger partial charge >= 0.3 is 0 Å². The fourth-order valence-corrected chi connectivity index (χ4v) is 3.43. The third-order valence-corrected chi connectivity index (χ3v) is 4.95. The van der Waals surface area contributed by atoms with E-state index in [1.165, 1.54) is 17.8 Å². The molecule has 1 aliphatic carbocycles. The van der Waals surface area contributed by atoms with Crippen LogP contribution < -0.4 is 5.32 Å². The van der Waals surface area contributed by atoms with E-state index in [1.54, 1.807) is 25.1 Å². The van der Waals surface area contributed by atoms with Gasteiger partial charge in [-0.1, -0.05) is 31.4 Å². The van der Waals surface area contributed by atoms with Crippen LogP contribution in [0, 0.1) is 17.1 Å². The lowest BCUT2D eigenvalue weighted by Gasteiger charge is -2.32.